The number of benzene rings is 1. The zero-order chi connectivity index (χ0) is 13.1. The molecule has 2 aliphatic rings. The average Bonchev–Trinajstić information content (AvgIpc) is 2.48. The highest BCUT2D eigenvalue weighted by molar-refractivity contribution is 5.32. The lowest BCUT2D eigenvalue weighted by Gasteiger charge is -2.35. The van der Waals surface area contributed by atoms with Crippen molar-refractivity contribution in [1.29, 1.82) is 0 Å². The first-order valence-electron chi connectivity index (χ1n) is 8.17. The fourth-order valence-corrected chi connectivity index (χ4v) is 4.29. The van der Waals surface area contributed by atoms with Gasteiger partial charge in [0.1, 0.15) is 0 Å². The van der Waals surface area contributed by atoms with Crippen molar-refractivity contribution < 1.29 is 0 Å². The Labute approximate surface area is 117 Å². The van der Waals surface area contributed by atoms with Gasteiger partial charge >= 0.3 is 0 Å². The van der Waals surface area contributed by atoms with Gasteiger partial charge < -0.3 is 5.32 Å². The molecule has 0 aromatic heterocycles. The maximum absolute atomic E-state index is 3.61. The van der Waals surface area contributed by atoms with E-state index in [1.165, 1.54) is 50.6 Å². The number of rotatable bonds is 3. The minimum atomic E-state index is 0.752. The maximum Gasteiger partial charge on any atom is 0.0208 e. The summed E-state index contributed by atoms with van der Waals surface area (Å²) in [5, 5.41) is 3.61. The van der Waals surface area contributed by atoms with Crippen molar-refractivity contribution in [3.8, 4) is 0 Å². The van der Waals surface area contributed by atoms with Crippen LogP contribution in [-0.4, -0.2) is 6.54 Å². The molecule has 1 heterocycles. The molecule has 1 aliphatic carbocycles. The van der Waals surface area contributed by atoms with Crippen LogP contribution < -0.4 is 5.32 Å². The Kier molecular flexibility index (Phi) is 4.22. The smallest absolute Gasteiger partial charge is 0.0208 e. The SMILES string of the molecule is CCC1CCCCC1CC1CNCc2ccccc21. The monoisotopic (exact) mass is 257 g/mol. The molecule has 0 radical (unpaired) electrons. The molecular formula is C18H27N. The fraction of sp³-hybridized carbons (Fsp3) is 0.667. The molecule has 1 fully saturated rings. The molecule has 104 valence electrons. The highest BCUT2D eigenvalue weighted by atomic mass is 14.9. The summed E-state index contributed by atoms with van der Waals surface area (Å²) in [5.41, 5.74) is 3.16. The average molecular weight is 257 g/mol. The second kappa shape index (κ2) is 6.09. The Morgan fingerprint density at radius 3 is 2.74 bits per heavy atom. The Morgan fingerprint density at radius 1 is 1.11 bits per heavy atom. The Balaban J connectivity index is 1.73. The molecule has 0 bridgehead atoms. The molecule has 0 saturated heterocycles. The van der Waals surface area contributed by atoms with Crippen molar-refractivity contribution in [2.75, 3.05) is 6.54 Å². The minimum absolute atomic E-state index is 0.752. The lowest BCUT2D eigenvalue weighted by Crippen LogP contribution is -2.31. The van der Waals surface area contributed by atoms with Gasteiger partial charge in [0.15, 0.2) is 0 Å². The molecule has 0 amide bonds. The predicted molar refractivity (Wildman–Crippen MR) is 81.2 cm³/mol. The van der Waals surface area contributed by atoms with Gasteiger partial charge in [0, 0.05) is 13.1 Å². The molecule has 1 heteroatoms. The summed E-state index contributed by atoms with van der Waals surface area (Å²) in [4.78, 5) is 0. The molecule has 1 aromatic rings. The first-order chi connectivity index (χ1) is 9.38. The van der Waals surface area contributed by atoms with Crippen LogP contribution in [0.1, 0.15) is 62.5 Å². The van der Waals surface area contributed by atoms with Crippen LogP contribution in [0.3, 0.4) is 0 Å². The van der Waals surface area contributed by atoms with Crippen LogP contribution in [0.4, 0.5) is 0 Å². The van der Waals surface area contributed by atoms with E-state index < -0.39 is 0 Å². The second-order valence-corrected chi connectivity index (χ2v) is 6.48. The van der Waals surface area contributed by atoms with Gasteiger partial charge in [-0.15, -0.1) is 0 Å². The van der Waals surface area contributed by atoms with Crippen LogP contribution in [0.15, 0.2) is 24.3 Å². The van der Waals surface area contributed by atoms with Crippen molar-refractivity contribution in [3.63, 3.8) is 0 Å². The van der Waals surface area contributed by atoms with Gasteiger partial charge in [-0.2, -0.15) is 0 Å². The first-order valence-corrected chi connectivity index (χ1v) is 8.17. The number of nitrogens with one attached hydrogen (secondary N) is 1. The molecule has 19 heavy (non-hydrogen) atoms. The van der Waals surface area contributed by atoms with Gasteiger partial charge in [-0.05, 0) is 35.3 Å². The zero-order valence-electron chi connectivity index (χ0n) is 12.2. The number of hydrogen-bond acceptors (Lipinski definition) is 1. The zero-order valence-corrected chi connectivity index (χ0v) is 12.2. The molecule has 1 N–H and O–H groups in total. The molecule has 1 aliphatic heterocycles. The summed E-state index contributed by atoms with van der Waals surface area (Å²) < 4.78 is 0. The Morgan fingerprint density at radius 2 is 1.89 bits per heavy atom. The van der Waals surface area contributed by atoms with Crippen LogP contribution in [-0.2, 0) is 6.54 Å². The minimum Gasteiger partial charge on any atom is -0.312 e. The summed E-state index contributed by atoms with van der Waals surface area (Å²) in [6.45, 7) is 4.63. The first kappa shape index (κ1) is 13.2. The maximum atomic E-state index is 3.61. The highest BCUT2D eigenvalue weighted by Gasteiger charge is 2.28. The van der Waals surface area contributed by atoms with E-state index in [4.69, 9.17) is 0 Å². The summed E-state index contributed by atoms with van der Waals surface area (Å²) in [6, 6.07) is 9.06. The van der Waals surface area contributed by atoms with Gasteiger partial charge in [-0.25, -0.2) is 0 Å². The Hall–Kier alpha value is -0.820. The molecule has 1 saturated carbocycles. The molecule has 0 spiro atoms. The van der Waals surface area contributed by atoms with Crippen molar-refractivity contribution >= 4 is 0 Å². The van der Waals surface area contributed by atoms with Crippen LogP contribution in [0.25, 0.3) is 0 Å². The van der Waals surface area contributed by atoms with E-state index in [0.717, 1.165) is 24.3 Å². The standard InChI is InChI=1S/C18H27N/c1-2-14-7-3-4-8-15(14)11-17-13-19-12-16-9-5-6-10-18(16)17/h5-6,9-10,14-15,17,19H,2-4,7-8,11-13H2,1H3. The van der Waals surface area contributed by atoms with Crippen molar-refractivity contribution in [2.45, 2.75) is 57.9 Å². The summed E-state index contributed by atoms with van der Waals surface area (Å²) in [5.74, 6) is 2.71. The van der Waals surface area contributed by atoms with Gasteiger partial charge in [0.05, 0.1) is 0 Å². The largest absolute Gasteiger partial charge is 0.312 e. The molecule has 1 aromatic carbocycles. The predicted octanol–water partition coefficient (Wildman–Crippen LogP) is 4.48. The van der Waals surface area contributed by atoms with Crippen LogP contribution in [0, 0.1) is 11.8 Å². The third-order valence-electron chi connectivity index (χ3n) is 5.38. The summed E-state index contributed by atoms with van der Waals surface area (Å²) in [7, 11) is 0. The van der Waals surface area contributed by atoms with E-state index in [0.29, 0.717) is 0 Å². The summed E-state index contributed by atoms with van der Waals surface area (Å²) >= 11 is 0. The highest BCUT2D eigenvalue weighted by Crippen LogP contribution is 2.39. The van der Waals surface area contributed by atoms with Gasteiger partial charge in [0.2, 0.25) is 0 Å². The lowest BCUT2D eigenvalue weighted by molar-refractivity contribution is 0.203. The van der Waals surface area contributed by atoms with Gasteiger partial charge in [0.25, 0.3) is 0 Å². The third kappa shape index (κ3) is 2.86. The van der Waals surface area contributed by atoms with E-state index in [1.807, 2.05) is 0 Å². The molecule has 3 rings (SSSR count). The van der Waals surface area contributed by atoms with Crippen molar-refractivity contribution in [2.24, 2.45) is 11.8 Å². The third-order valence-corrected chi connectivity index (χ3v) is 5.38. The number of hydrogen-bond donors (Lipinski definition) is 1. The number of fused-ring (bicyclic) bond motifs is 1. The summed E-state index contributed by atoms with van der Waals surface area (Å²) in [6.07, 6.45) is 8.66. The van der Waals surface area contributed by atoms with E-state index >= 15 is 0 Å². The van der Waals surface area contributed by atoms with Crippen molar-refractivity contribution in [3.05, 3.63) is 35.4 Å². The quantitative estimate of drug-likeness (QED) is 0.842. The normalized spacial score (nSPS) is 30.9. The van der Waals surface area contributed by atoms with Crippen LogP contribution >= 0.6 is 0 Å². The van der Waals surface area contributed by atoms with Gasteiger partial charge in [-0.3, -0.25) is 0 Å². The van der Waals surface area contributed by atoms with E-state index in [-0.39, 0.29) is 0 Å². The van der Waals surface area contributed by atoms with Crippen LogP contribution in [0.5, 0.6) is 0 Å². The fourth-order valence-electron chi connectivity index (χ4n) is 4.29. The molecule has 3 unspecified atom stereocenters. The van der Waals surface area contributed by atoms with E-state index in [1.54, 1.807) is 5.56 Å². The second-order valence-electron chi connectivity index (χ2n) is 6.48. The van der Waals surface area contributed by atoms with E-state index in [2.05, 4.69) is 36.5 Å². The van der Waals surface area contributed by atoms with Gasteiger partial charge in [-0.1, -0.05) is 63.3 Å². The Bertz CT molecular complexity index is 412. The van der Waals surface area contributed by atoms with Crippen molar-refractivity contribution in [1.82, 2.24) is 5.32 Å². The topological polar surface area (TPSA) is 12.0 Å². The van der Waals surface area contributed by atoms with Crippen LogP contribution in [0.2, 0.25) is 0 Å². The molecule has 3 atom stereocenters. The molecular weight excluding hydrogens is 230 g/mol. The van der Waals surface area contributed by atoms with E-state index in [9.17, 15) is 0 Å². The lowest BCUT2D eigenvalue weighted by atomic mass is 9.72. The molecule has 1 nitrogen and oxygen atoms in total.